The zero-order chi connectivity index (χ0) is 20.3. The van der Waals surface area contributed by atoms with Crippen LogP contribution in [0.5, 0.6) is 0 Å². The topological polar surface area (TPSA) is 84.2 Å². The van der Waals surface area contributed by atoms with Gasteiger partial charge >= 0.3 is 0 Å². The van der Waals surface area contributed by atoms with Crippen LogP contribution in [0.4, 0.5) is 0 Å². The first-order chi connectivity index (χ1) is 14.0. The summed E-state index contributed by atoms with van der Waals surface area (Å²) in [4.78, 5) is 3.32. The third-order valence-corrected chi connectivity index (χ3v) is 8.42. The molecule has 1 saturated heterocycles. The Morgan fingerprint density at radius 2 is 1.79 bits per heavy atom. The Kier molecular flexibility index (Phi) is 6.04. The van der Waals surface area contributed by atoms with Crippen molar-refractivity contribution < 1.29 is 8.42 Å². The number of nitrogens with zero attached hydrogens (tertiary/aromatic N) is 6. The van der Waals surface area contributed by atoms with Crippen LogP contribution >= 0.6 is 11.3 Å². The van der Waals surface area contributed by atoms with E-state index in [1.807, 2.05) is 43.3 Å². The maximum absolute atomic E-state index is 12.7. The van der Waals surface area contributed by atoms with E-state index < -0.39 is 10.0 Å². The van der Waals surface area contributed by atoms with E-state index in [-0.39, 0.29) is 0 Å². The number of sulfonamides is 1. The molecule has 0 N–H and O–H groups in total. The molecule has 8 nitrogen and oxygen atoms in total. The molecule has 0 unspecified atom stereocenters. The van der Waals surface area contributed by atoms with Crippen LogP contribution in [-0.2, 0) is 16.4 Å². The van der Waals surface area contributed by atoms with Gasteiger partial charge in [0.1, 0.15) is 4.21 Å². The number of hydrogen-bond donors (Lipinski definition) is 0. The van der Waals surface area contributed by atoms with Crippen LogP contribution < -0.4 is 0 Å². The van der Waals surface area contributed by atoms with Crippen molar-refractivity contribution in [3.8, 4) is 5.69 Å². The van der Waals surface area contributed by atoms with Crippen molar-refractivity contribution in [1.82, 2.24) is 29.4 Å². The summed E-state index contributed by atoms with van der Waals surface area (Å²) >= 11 is 1.34. The van der Waals surface area contributed by atoms with Crippen molar-refractivity contribution in [3.05, 3.63) is 53.2 Å². The average Bonchev–Trinajstić information content (AvgIpc) is 3.38. The van der Waals surface area contributed by atoms with E-state index in [9.17, 15) is 8.42 Å². The van der Waals surface area contributed by atoms with E-state index >= 15 is 0 Å². The van der Waals surface area contributed by atoms with Crippen LogP contribution in [-0.4, -0.2) is 70.6 Å². The molecule has 10 heteroatoms. The fourth-order valence-corrected chi connectivity index (χ4v) is 6.32. The summed E-state index contributed by atoms with van der Waals surface area (Å²) in [6, 6.07) is 13.4. The van der Waals surface area contributed by atoms with Crippen molar-refractivity contribution in [1.29, 1.82) is 0 Å². The molecule has 0 atom stereocenters. The maximum atomic E-state index is 12.7. The van der Waals surface area contributed by atoms with E-state index in [4.69, 9.17) is 0 Å². The van der Waals surface area contributed by atoms with Gasteiger partial charge in [-0.15, -0.1) is 16.4 Å². The first-order valence-electron chi connectivity index (χ1n) is 9.66. The Hall–Kier alpha value is -2.14. The van der Waals surface area contributed by atoms with Crippen LogP contribution in [0.15, 0.2) is 46.7 Å². The molecule has 0 aliphatic carbocycles. The molecule has 1 aromatic carbocycles. The number of para-hydroxylation sites is 1. The molecular weight excluding hydrogens is 408 g/mol. The van der Waals surface area contributed by atoms with E-state index in [1.165, 1.54) is 11.3 Å². The molecule has 0 bridgehead atoms. The minimum Gasteiger partial charge on any atom is -0.301 e. The fourth-order valence-electron chi connectivity index (χ4n) is 3.46. The fraction of sp³-hybridized carbons (Fsp3) is 0.421. The standard InChI is InChI=1S/C19H24N6O2S2/c1-16-9-10-19(28-16)29(26,27)24-14-12-23(13-15-24)11-5-8-18-20-21-22-25(18)17-6-3-2-4-7-17/h2-4,6-7,9-10H,5,8,11-15H2,1H3. The zero-order valence-electron chi connectivity index (χ0n) is 16.3. The molecule has 4 rings (SSSR count). The third kappa shape index (κ3) is 4.55. The highest BCUT2D eigenvalue weighted by atomic mass is 32.2. The molecule has 1 fully saturated rings. The van der Waals surface area contributed by atoms with Gasteiger partial charge in [0.25, 0.3) is 10.0 Å². The van der Waals surface area contributed by atoms with Gasteiger partial charge in [-0.25, -0.2) is 8.42 Å². The zero-order valence-corrected chi connectivity index (χ0v) is 17.9. The van der Waals surface area contributed by atoms with Gasteiger partial charge in [0.15, 0.2) is 5.82 Å². The van der Waals surface area contributed by atoms with E-state index in [1.54, 1.807) is 15.1 Å². The molecule has 29 heavy (non-hydrogen) atoms. The molecule has 2 aromatic heterocycles. The minimum absolute atomic E-state index is 0.441. The second-order valence-electron chi connectivity index (χ2n) is 7.06. The molecule has 0 radical (unpaired) electrons. The Balaban J connectivity index is 1.28. The maximum Gasteiger partial charge on any atom is 0.252 e. The highest BCUT2D eigenvalue weighted by Gasteiger charge is 2.29. The molecule has 3 heterocycles. The van der Waals surface area contributed by atoms with Crippen LogP contribution in [0.3, 0.4) is 0 Å². The van der Waals surface area contributed by atoms with Crippen molar-refractivity contribution in [2.45, 2.75) is 24.0 Å². The lowest BCUT2D eigenvalue weighted by molar-refractivity contribution is 0.186. The van der Waals surface area contributed by atoms with Gasteiger partial charge in [-0.3, -0.25) is 0 Å². The summed E-state index contributed by atoms with van der Waals surface area (Å²) < 4.78 is 29.3. The number of benzene rings is 1. The van der Waals surface area contributed by atoms with Gasteiger partial charge in [0.05, 0.1) is 5.69 Å². The number of aromatic nitrogens is 4. The van der Waals surface area contributed by atoms with Crippen molar-refractivity contribution in [3.63, 3.8) is 0 Å². The monoisotopic (exact) mass is 432 g/mol. The summed E-state index contributed by atoms with van der Waals surface area (Å²) in [5, 5.41) is 12.0. The number of rotatable bonds is 7. The van der Waals surface area contributed by atoms with Crippen LogP contribution in [0, 0.1) is 6.92 Å². The van der Waals surface area contributed by atoms with Gasteiger partial charge in [-0.1, -0.05) is 18.2 Å². The summed E-state index contributed by atoms with van der Waals surface area (Å²) in [6.45, 7) is 5.37. The van der Waals surface area contributed by atoms with Gasteiger partial charge in [-0.05, 0) is 54.6 Å². The van der Waals surface area contributed by atoms with Gasteiger partial charge in [0, 0.05) is 37.5 Å². The van der Waals surface area contributed by atoms with E-state index in [2.05, 4.69) is 20.4 Å². The summed E-state index contributed by atoms with van der Waals surface area (Å²) in [6.07, 6.45) is 1.69. The lowest BCUT2D eigenvalue weighted by Gasteiger charge is -2.33. The minimum atomic E-state index is -3.36. The van der Waals surface area contributed by atoms with Crippen molar-refractivity contribution in [2.75, 3.05) is 32.7 Å². The largest absolute Gasteiger partial charge is 0.301 e. The van der Waals surface area contributed by atoms with Crippen molar-refractivity contribution in [2.24, 2.45) is 0 Å². The first kappa shape index (κ1) is 20.1. The normalized spacial score (nSPS) is 16.3. The molecule has 1 aliphatic heterocycles. The van der Waals surface area contributed by atoms with Gasteiger partial charge in [0.2, 0.25) is 0 Å². The van der Waals surface area contributed by atoms with Crippen LogP contribution in [0.1, 0.15) is 17.1 Å². The predicted molar refractivity (Wildman–Crippen MR) is 112 cm³/mol. The third-order valence-electron chi connectivity index (χ3n) is 5.05. The number of aryl methyl sites for hydroxylation is 2. The number of thiophene rings is 1. The lowest BCUT2D eigenvalue weighted by atomic mass is 10.2. The molecule has 1 aliphatic rings. The molecule has 0 amide bonds. The SMILES string of the molecule is Cc1ccc(S(=O)(=O)N2CCN(CCCc3nnnn3-c3ccccc3)CC2)s1. The van der Waals surface area contributed by atoms with E-state index in [0.29, 0.717) is 17.3 Å². The van der Waals surface area contributed by atoms with Gasteiger partial charge in [-0.2, -0.15) is 8.99 Å². The molecule has 3 aromatic rings. The second-order valence-corrected chi connectivity index (χ2v) is 10.5. The first-order valence-corrected chi connectivity index (χ1v) is 11.9. The summed E-state index contributed by atoms with van der Waals surface area (Å²) in [5.74, 6) is 0.838. The Bertz CT molecular complexity index is 1040. The summed E-state index contributed by atoms with van der Waals surface area (Å²) in [5.41, 5.74) is 0.954. The molecule has 0 spiro atoms. The summed E-state index contributed by atoms with van der Waals surface area (Å²) in [7, 11) is -3.36. The quantitative estimate of drug-likeness (QED) is 0.568. The number of tetrazole rings is 1. The van der Waals surface area contributed by atoms with Crippen LogP contribution in [0.25, 0.3) is 5.69 Å². The van der Waals surface area contributed by atoms with E-state index in [0.717, 1.165) is 48.9 Å². The van der Waals surface area contributed by atoms with Crippen molar-refractivity contribution >= 4 is 21.4 Å². The van der Waals surface area contributed by atoms with Gasteiger partial charge < -0.3 is 4.90 Å². The highest BCUT2D eigenvalue weighted by Crippen LogP contribution is 2.25. The second kappa shape index (κ2) is 8.70. The predicted octanol–water partition coefficient (Wildman–Crippen LogP) is 1.97. The Morgan fingerprint density at radius 3 is 2.48 bits per heavy atom. The lowest BCUT2D eigenvalue weighted by Crippen LogP contribution is -2.48. The number of hydrogen-bond acceptors (Lipinski definition) is 7. The molecule has 0 saturated carbocycles. The molecular formula is C19H24N6O2S2. The van der Waals surface area contributed by atoms with Crippen LogP contribution in [0.2, 0.25) is 0 Å². The smallest absolute Gasteiger partial charge is 0.252 e. The average molecular weight is 433 g/mol. The number of piperazine rings is 1. The Morgan fingerprint density at radius 1 is 1.03 bits per heavy atom. The molecule has 154 valence electrons. The highest BCUT2D eigenvalue weighted by molar-refractivity contribution is 7.91. The Labute approximate surface area is 174 Å².